The Morgan fingerprint density at radius 3 is 3.11 bits per heavy atom. The molecule has 0 bridgehead atoms. The third-order valence-electron chi connectivity index (χ3n) is 2.82. The van der Waals surface area contributed by atoms with Gasteiger partial charge in [0.05, 0.1) is 5.75 Å². The Labute approximate surface area is 112 Å². The van der Waals surface area contributed by atoms with Crippen molar-refractivity contribution in [2.24, 2.45) is 0 Å². The smallest absolute Gasteiger partial charge is 0.251 e. The molecule has 2 rings (SSSR count). The molecule has 0 atom stereocenters. The lowest BCUT2D eigenvalue weighted by Crippen LogP contribution is -2.25. The Morgan fingerprint density at radius 1 is 1.44 bits per heavy atom. The van der Waals surface area contributed by atoms with Gasteiger partial charge in [0.15, 0.2) is 0 Å². The third kappa shape index (κ3) is 3.28. The molecule has 0 spiro atoms. The highest BCUT2D eigenvalue weighted by Crippen LogP contribution is 2.16. The van der Waals surface area contributed by atoms with Crippen molar-refractivity contribution in [3.8, 4) is 12.3 Å². The quantitative estimate of drug-likeness (QED) is 0.621. The zero-order valence-corrected chi connectivity index (χ0v) is 11.0. The van der Waals surface area contributed by atoms with Gasteiger partial charge < -0.3 is 10.6 Å². The van der Waals surface area contributed by atoms with Crippen molar-refractivity contribution >= 4 is 17.7 Å². The van der Waals surface area contributed by atoms with Crippen molar-refractivity contribution in [3.05, 3.63) is 34.9 Å². The van der Waals surface area contributed by atoms with Crippen molar-refractivity contribution in [1.82, 2.24) is 10.6 Å². The molecule has 1 aliphatic heterocycles. The van der Waals surface area contributed by atoms with Gasteiger partial charge in [-0.1, -0.05) is 12.0 Å². The summed E-state index contributed by atoms with van der Waals surface area (Å²) in [6, 6.07) is 5.88. The molecule has 1 heterocycles. The van der Waals surface area contributed by atoms with Gasteiger partial charge in [-0.3, -0.25) is 4.79 Å². The molecule has 4 heteroatoms. The Bertz CT molecular complexity index is 479. The summed E-state index contributed by atoms with van der Waals surface area (Å²) in [7, 11) is 0. The fourth-order valence-corrected chi connectivity index (χ4v) is 2.41. The fourth-order valence-electron chi connectivity index (χ4n) is 1.91. The Morgan fingerprint density at radius 2 is 2.28 bits per heavy atom. The summed E-state index contributed by atoms with van der Waals surface area (Å²) < 4.78 is 0. The van der Waals surface area contributed by atoms with E-state index in [2.05, 4.69) is 16.6 Å². The number of fused-ring (bicyclic) bond motifs is 1. The van der Waals surface area contributed by atoms with E-state index in [-0.39, 0.29) is 5.91 Å². The minimum atomic E-state index is -0.00833. The Kier molecular flexibility index (Phi) is 4.68. The number of benzene rings is 1. The van der Waals surface area contributed by atoms with Crippen LogP contribution in [-0.4, -0.2) is 24.0 Å². The van der Waals surface area contributed by atoms with Gasteiger partial charge in [-0.25, -0.2) is 0 Å². The topological polar surface area (TPSA) is 41.1 Å². The molecule has 94 valence electrons. The molecule has 1 amide bonds. The molecule has 18 heavy (non-hydrogen) atoms. The highest BCUT2D eigenvalue weighted by Gasteiger charge is 2.12. The predicted molar refractivity (Wildman–Crippen MR) is 75.5 cm³/mol. The van der Waals surface area contributed by atoms with E-state index in [1.165, 1.54) is 11.1 Å². The van der Waals surface area contributed by atoms with E-state index in [0.717, 1.165) is 24.4 Å². The van der Waals surface area contributed by atoms with Gasteiger partial charge in [0, 0.05) is 31.0 Å². The Hall–Kier alpha value is -1.44. The van der Waals surface area contributed by atoms with Crippen molar-refractivity contribution in [2.75, 3.05) is 18.1 Å². The minimum absolute atomic E-state index is 0.00833. The maximum Gasteiger partial charge on any atom is 0.251 e. The van der Waals surface area contributed by atoms with Crippen LogP contribution >= 0.6 is 11.8 Å². The largest absolute Gasteiger partial charge is 0.351 e. The van der Waals surface area contributed by atoms with E-state index >= 15 is 0 Å². The molecule has 3 nitrogen and oxygen atoms in total. The SMILES string of the molecule is C#CCSCCNC(=O)c1ccc2c(c1)CNC2. The zero-order valence-electron chi connectivity index (χ0n) is 10.2. The zero-order chi connectivity index (χ0) is 12.8. The van der Waals surface area contributed by atoms with Crippen LogP contribution in [0.25, 0.3) is 0 Å². The summed E-state index contributed by atoms with van der Waals surface area (Å²) in [6.45, 7) is 2.41. The van der Waals surface area contributed by atoms with Crippen molar-refractivity contribution in [3.63, 3.8) is 0 Å². The van der Waals surface area contributed by atoms with Gasteiger partial charge in [-0.2, -0.15) is 0 Å². The van der Waals surface area contributed by atoms with E-state index in [4.69, 9.17) is 6.42 Å². The van der Waals surface area contributed by atoms with Gasteiger partial charge in [-0.15, -0.1) is 18.2 Å². The maximum absolute atomic E-state index is 11.9. The Balaban J connectivity index is 1.84. The molecule has 0 aliphatic carbocycles. The van der Waals surface area contributed by atoms with Crippen molar-refractivity contribution < 1.29 is 4.79 Å². The van der Waals surface area contributed by atoms with Crippen LogP contribution < -0.4 is 10.6 Å². The number of thioether (sulfide) groups is 1. The lowest BCUT2D eigenvalue weighted by atomic mass is 10.1. The molecule has 0 saturated heterocycles. The van der Waals surface area contributed by atoms with Gasteiger partial charge >= 0.3 is 0 Å². The second kappa shape index (κ2) is 6.48. The summed E-state index contributed by atoms with van der Waals surface area (Å²) in [5.41, 5.74) is 3.25. The lowest BCUT2D eigenvalue weighted by molar-refractivity contribution is 0.0956. The normalized spacial score (nSPS) is 12.8. The molecule has 0 radical (unpaired) electrons. The molecule has 0 saturated carbocycles. The summed E-state index contributed by atoms with van der Waals surface area (Å²) in [6.07, 6.45) is 5.15. The number of terminal acetylenes is 1. The van der Waals surface area contributed by atoms with E-state index in [0.29, 0.717) is 12.3 Å². The first-order valence-electron chi connectivity index (χ1n) is 5.93. The van der Waals surface area contributed by atoms with Crippen LogP contribution in [0.3, 0.4) is 0 Å². The number of hydrogen-bond donors (Lipinski definition) is 2. The minimum Gasteiger partial charge on any atom is -0.351 e. The maximum atomic E-state index is 11.9. The van der Waals surface area contributed by atoms with E-state index in [1.54, 1.807) is 11.8 Å². The van der Waals surface area contributed by atoms with Crippen molar-refractivity contribution in [1.29, 1.82) is 0 Å². The molecule has 0 unspecified atom stereocenters. The monoisotopic (exact) mass is 260 g/mol. The number of hydrogen-bond acceptors (Lipinski definition) is 3. The van der Waals surface area contributed by atoms with Crippen LogP contribution in [-0.2, 0) is 13.1 Å². The third-order valence-corrected chi connectivity index (χ3v) is 3.68. The van der Waals surface area contributed by atoms with Gasteiger partial charge in [0.2, 0.25) is 0 Å². The molecular formula is C14H16N2OS. The molecule has 1 aromatic rings. The second-order valence-electron chi connectivity index (χ2n) is 4.10. The standard InChI is InChI=1S/C14H16N2OS/c1-2-6-18-7-5-16-14(17)11-3-4-12-9-15-10-13(12)8-11/h1,3-4,8,15H,5-7,9-10H2,(H,16,17). The number of nitrogens with one attached hydrogen (secondary N) is 2. The average Bonchev–Trinajstić information content (AvgIpc) is 2.85. The molecule has 0 aromatic heterocycles. The van der Waals surface area contributed by atoms with Crippen molar-refractivity contribution in [2.45, 2.75) is 13.1 Å². The first-order valence-corrected chi connectivity index (χ1v) is 7.08. The molecule has 0 fully saturated rings. The fraction of sp³-hybridized carbons (Fsp3) is 0.357. The van der Waals surface area contributed by atoms with E-state index in [9.17, 15) is 4.79 Å². The van der Waals surface area contributed by atoms with Gasteiger partial charge in [0.1, 0.15) is 0 Å². The van der Waals surface area contributed by atoms with Crippen LogP contribution in [0.15, 0.2) is 18.2 Å². The molecule has 1 aromatic carbocycles. The molecule has 1 aliphatic rings. The summed E-state index contributed by atoms with van der Waals surface area (Å²) in [5.74, 6) is 4.10. The van der Waals surface area contributed by atoms with Crippen LogP contribution in [0.5, 0.6) is 0 Å². The van der Waals surface area contributed by atoms with Crippen LogP contribution in [0.1, 0.15) is 21.5 Å². The molecule has 2 N–H and O–H groups in total. The van der Waals surface area contributed by atoms with Crippen LogP contribution in [0, 0.1) is 12.3 Å². The van der Waals surface area contributed by atoms with Gasteiger partial charge in [-0.05, 0) is 23.3 Å². The molecular weight excluding hydrogens is 244 g/mol. The highest BCUT2D eigenvalue weighted by molar-refractivity contribution is 7.99. The van der Waals surface area contributed by atoms with E-state index < -0.39 is 0 Å². The lowest BCUT2D eigenvalue weighted by Gasteiger charge is -2.06. The van der Waals surface area contributed by atoms with Crippen LogP contribution in [0.2, 0.25) is 0 Å². The first kappa shape index (κ1) is 13.0. The summed E-state index contributed by atoms with van der Waals surface area (Å²) in [4.78, 5) is 11.9. The average molecular weight is 260 g/mol. The van der Waals surface area contributed by atoms with Crippen LogP contribution in [0.4, 0.5) is 0 Å². The second-order valence-corrected chi connectivity index (χ2v) is 5.20. The predicted octanol–water partition coefficient (Wildman–Crippen LogP) is 1.39. The van der Waals surface area contributed by atoms with E-state index in [1.807, 2.05) is 18.2 Å². The number of carbonyl (C=O) groups excluding carboxylic acids is 1. The number of rotatable bonds is 5. The summed E-state index contributed by atoms with van der Waals surface area (Å²) in [5, 5.41) is 6.17. The first-order chi connectivity index (χ1) is 8.81. The van der Waals surface area contributed by atoms with Gasteiger partial charge in [0.25, 0.3) is 5.91 Å². The summed E-state index contributed by atoms with van der Waals surface area (Å²) >= 11 is 1.65. The number of carbonyl (C=O) groups is 1. The highest BCUT2D eigenvalue weighted by atomic mass is 32.2. The number of amides is 1.